The van der Waals surface area contributed by atoms with E-state index in [1.54, 1.807) is 0 Å². The highest BCUT2D eigenvalue weighted by Gasteiger charge is 2.17. The molecule has 0 aliphatic heterocycles. The third-order valence-corrected chi connectivity index (χ3v) is 4.21. The van der Waals surface area contributed by atoms with Gasteiger partial charge in [-0.25, -0.2) is 5.43 Å². The van der Waals surface area contributed by atoms with Crippen LogP contribution < -0.4 is 16.0 Å². The van der Waals surface area contributed by atoms with Gasteiger partial charge in [0, 0.05) is 10.0 Å². The first-order valence-corrected chi connectivity index (χ1v) is 7.47. The summed E-state index contributed by atoms with van der Waals surface area (Å²) in [6.07, 6.45) is 0. The molecule has 0 aliphatic carbocycles. The summed E-state index contributed by atoms with van der Waals surface area (Å²) in [6.45, 7) is 2.56. The van der Waals surface area contributed by atoms with Gasteiger partial charge in [0.1, 0.15) is 5.75 Å². The van der Waals surface area contributed by atoms with Crippen LogP contribution in [0.2, 0.25) is 5.02 Å². The van der Waals surface area contributed by atoms with E-state index in [4.69, 9.17) is 22.2 Å². The Hall–Kier alpha value is -1.07. The van der Waals surface area contributed by atoms with Crippen molar-refractivity contribution in [2.75, 3.05) is 6.61 Å². The molecule has 0 radical (unpaired) electrons. The third-order valence-electron chi connectivity index (χ3n) is 2.97. The fourth-order valence-electron chi connectivity index (χ4n) is 2.06. The van der Waals surface area contributed by atoms with Crippen LogP contribution in [0.5, 0.6) is 5.75 Å². The van der Waals surface area contributed by atoms with Gasteiger partial charge in [-0.2, -0.15) is 0 Å². The average Bonchev–Trinajstić information content (AvgIpc) is 2.45. The summed E-state index contributed by atoms with van der Waals surface area (Å²) in [7, 11) is 0. The normalized spacial score (nSPS) is 12.2. The summed E-state index contributed by atoms with van der Waals surface area (Å²) >= 11 is 9.54. The zero-order valence-corrected chi connectivity index (χ0v) is 13.4. The van der Waals surface area contributed by atoms with Crippen LogP contribution in [0.25, 0.3) is 0 Å². The minimum atomic E-state index is -0.177. The summed E-state index contributed by atoms with van der Waals surface area (Å²) in [5.41, 5.74) is 4.79. The number of halogens is 2. The molecule has 0 heterocycles. The molecule has 1 unspecified atom stereocenters. The maximum Gasteiger partial charge on any atom is 0.124 e. The summed E-state index contributed by atoms with van der Waals surface area (Å²) < 4.78 is 6.52. The molecule has 2 rings (SSSR count). The van der Waals surface area contributed by atoms with E-state index >= 15 is 0 Å². The summed E-state index contributed by atoms with van der Waals surface area (Å²) in [5, 5.41) is 0.650. The molecule has 0 saturated carbocycles. The maximum absolute atomic E-state index is 6.16. The number of para-hydroxylation sites is 1. The Morgan fingerprint density at radius 2 is 2.05 bits per heavy atom. The van der Waals surface area contributed by atoms with Crippen molar-refractivity contribution >= 4 is 27.5 Å². The lowest BCUT2D eigenvalue weighted by molar-refractivity contribution is 0.333. The summed E-state index contributed by atoms with van der Waals surface area (Å²) in [4.78, 5) is 0. The van der Waals surface area contributed by atoms with Crippen molar-refractivity contribution in [3.63, 3.8) is 0 Å². The molecule has 0 spiro atoms. The molecule has 2 aromatic rings. The van der Waals surface area contributed by atoms with Gasteiger partial charge >= 0.3 is 0 Å². The number of hydrogen-bond acceptors (Lipinski definition) is 3. The largest absolute Gasteiger partial charge is 0.494 e. The Morgan fingerprint density at radius 1 is 1.30 bits per heavy atom. The lowest BCUT2D eigenvalue weighted by atomic mass is 9.98. The SMILES string of the molecule is CCOc1ccccc1C(NN)c1ccc(Br)c(Cl)c1. The quantitative estimate of drug-likeness (QED) is 0.628. The molecule has 1 atom stereocenters. The van der Waals surface area contributed by atoms with Crippen LogP contribution in [0.1, 0.15) is 24.1 Å². The van der Waals surface area contributed by atoms with Gasteiger partial charge < -0.3 is 4.74 Å². The number of hydrogen-bond donors (Lipinski definition) is 2. The van der Waals surface area contributed by atoms with Gasteiger partial charge in [-0.3, -0.25) is 5.84 Å². The number of benzene rings is 2. The topological polar surface area (TPSA) is 47.3 Å². The molecular weight excluding hydrogens is 340 g/mol. The molecule has 20 heavy (non-hydrogen) atoms. The Labute approximate surface area is 132 Å². The third kappa shape index (κ3) is 3.33. The van der Waals surface area contributed by atoms with Crippen molar-refractivity contribution in [3.8, 4) is 5.75 Å². The molecule has 3 nitrogen and oxygen atoms in total. The van der Waals surface area contributed by atoms with Crippen molar-refractivity contribution in [2.24, 2.45) is 5.84 Å². The summed E-state index contributed by atoms with van der Waals surface area (Å²) in [5.74, 6) is 6.55. The molecular formula is C15H16BrClN2O. The van der Waals surface area contributed by atoms with E-state index in [0.717, 1.165) is 21.3 Å². The molecule has 2 aromatic carbocycles. The second-order valence-corrected chi connectivity index (χ2v) is 5.51. The van der Waals surface area contributed by atoms with E-state index in [2.05, 4.69) is 21.4 Å². The predicted octanol–water partition coefficient (Wildman–Crippen LogP) is 4.05. The molecule has 0 bridgehead atoms. The molecule has 3 N–H and O–H groups in total. The fourth-order valence-corrected chi connectivity index (χ4v) is 2.50. The standard InChI is InChI=1S/C15H16BrClN2O/c1-2-20-14-6-4-3-5-11(14)15(19-18)10-7-8-12(16)13(17)9-10/h3-9,15,19H,2,18H2,1H3. The molecule has 106 valence electrons. The first-order valence-electron chi connectivity index (χ1n) is 6.30. The average molecular weight is 356 g/mol. The minimum Gasteiger partial charge on any atom is -0.494 e. The van der Waals surface area contributed by atoms with Gasteiger partial charge in [-0.05, 0) is 46.6 Å². The van der Waals surface area contributed by atoms with Gasteiger partial charge in [0.2, 0.25) is 0 Å². The Morgan fingerprint density at radius 3 is 2.70 bits per heavy atom. The smallest absolute Gasteiger partial charge is 0.124 e. The van der Waals surface area contributed by atoms with Crippen molar-refractivity contribution < 1.29 is 4.74 Å². The van der Waals surface area contributed by atoms with E-state index in [-0.39, 0.29) is 6.04 Å². The number of rotatable bonds is 5. The van der Waals surface area contributed by atoms with Crippen LogP contribution in [0, 0.1) is 0 Å². The van der Waals surface area contributed by atoms with Crippen LogP contribution >= 0.6 is 27.5 Å². The van der Waals surface area contributed by atoms with Crippen LogP contribution in [0.15, 0.2) is 46.9 Å². The maximum atomic E-state index is 6.16. The predicted molar refractivity (Wildman–Crippen MR) is 85.9 cm³/mol. The first kappa shape index (κ1) is 15.3. The monoisotopic (exact) mass is 354 g/mol. The van der Waals surface area contributed by atoms with Gasteiger partial charge in [0.05, 0.1) is 17.7 Å². The van der Waals surface area contributed by atoms with E-state index in [0.29, 0.717) is 11.6 Å². The Bertz CT molecular complexity index is 592. The Balaban J connectivity index is 2.44. The zero-order valence-electron chi connectivity index (χ0n) is 11.1. The van der Waals surface area contributed by atoms with Crippen LogP contribution in [-0.2, 0) is 0 Å². The van der Waals surface area contributed by atoms with Crippen molar-refractivity contribution in [3.05, 3.63) is 63.1 Å². The van der Waals surface area contributed by atoms with Gasteiger partial charge in [-0.15, -0.1) is 0 Å². The molecule has 0 fully saturated rings. The van der Waals surface area contributed by atoms with E-state index in [1.807, 2.05) is 49.4 Å². The van der Waals surface area contributed by atoms with Crippen molar-refractivity contribution in [1.29, 1.82) is 0 Å². The minimum absolute atomic E-state index is 0.177. The number of nitrogens with two attached hydrogens (primary N) is 1. The number of nitrogens with one attached hydrogen (secondary N) is 1. The Kier molecular flexibility index (Phi) is 5.43. The number of hydrazine groups is 1. The first-order chi connectivity index (χ1) is 9.67. The van der Waals surface area contributed by atoms with Crippen molar-refractivity contribution in [2.45, 2.75) is 13.0 Å². The van der Waals surface area contributed by atoms with Gasteiger partial charge in [0.15, 0.2) is 0 Å². The highest BCUT2D eigenvalue weighted by atomic mass is 79.9. The van der Waals surface area contributed by atoms with Crippen LogP contribution in [-0.4, -0.2) is 6.61 Å². The lowest BCUT2D eigenvalue weighted by Gasteiger charge is -2.20. The molecule has 0 aliphatic rings. The second kappa shape index (κ2) is 7.09. The van der Waals surface area contributed by atoms with Crippen molar-refractivity contribution in [1.82, 2.24) is 5.43 Å². The lowest BCUT2D eigenvalue weighted by Crippen LogP contribution is -2.29. The molecule has 0 aromatic heterocycles. The highest BCUT2D eigenvalue weighted by molar-refractivity contribution is 9.10. The highest BCUT2D eigenvalue weighted by Crippen LogP contribution is 2.32. The zero-order chi connectivity index (χ0) is 14.5. The van der Waals surface area contributed by atoms with E-state index < -0.39 is 0 Å². The second-order valence-electron chi connectivity index (χ2n) is 4.24. The molecule has 0 saturated heterocycles. The fraction of sp³-hybridized carbons (Fsp3) is 0.200. The van der Waals surface area contributed by atoms with E-state index in [9.17, 15) is 0 Å². The van der Waals surface area contributed by atoms with Crippen LogP contribution in [0.3, 0.4) is 0 Å². The molecule has 0 amide bonds. The van der Waals surface area contributed by atoms with Gasteiger partial charge in [-0.1, -0.05) is 35.9 Å². The van der Waals surface area contributed by atoms with Gasteiger partial charge in [0.25, 0.3) is 0 Å². The molecule has 5 heteroatoms. The van der Waals surface area contributed by atoms with Crippen LogP contribution in [0.4, 0.5) is 0 Å². The van der Waals surface area contributed by atoms with E-state index in [1.165, 1.54) is 0 Å². The number of ether oxygens (including phenoxy) is 1. The summed E-state index contributed by atoms with van der Waals surface area (Å²) in [6, 6.07) is 13.4.